The molecule has 1 unspecified atom stereocenters. The third-order valence-corrected chi connectivity index (χ3v) is 4.42. The molecule has 0 aliphatic carbocycles. The fourth-order valence-electron chi connectivity index (χ4n) is 1.84. The van der Waals surface area contributed by atoms with Crippen LogP contribution >= 0.6 is 43.5 Å². The molecule has 0 aliphatic rings. The Morgan fingerprint density at radius 1 is 1.16 bits per heavy atom. The first kappa shape index (κ1) is 15.0. The zero-order valence-electron chi connectivity index (χ0n) is 10.1. The van der Waals surface area contributed by atoms with E-state index in [1.165, 1.54) is 6.07 Å². The fraction of sp³-hybridized carbons (Fsp3) is 0.143. The third kappa shape index (κ3) is 3.19. The Balaban J connectivity index is 2.49. The van der Waals surface area contributed by atoms with Crippen LogP contribution in [0, 0.1) is 12.7 Å². The predicted octanol–water partition coefficient (Wildman–Crippen LogP) is 5.36. The summed E-state index contributed by atoms with van der Waals surface area (Å²) in [5.74, 6) is -0.323. The minimum atomic E-state index is -0.408. The van der Waals surface area contributed by atoms with Gasteiger partial charge in [-0.1, -0.05) is 49.5 Å². The van der Waals surface area contributed by atoms with Crippen LogP contribution in [0.5, 0.6) is 0 Å². The van der Waals surface area contributed by atoms with Gasteiger partial charge in [0.25, 0.3) is 0 Å². The maximum Gasteiger partial charge on any atom is 0.127 e. The highest BCUT2D eigenvalue weighted by Gasteiger charge is 2.17. The SMILES string of the molecule is Cc1cc(C(N)c2ccc(Br)cc2Br)c(Cl)cc1F. The minimum Gasteiger partial charge on any atom is -0.320 e. The van der Waals surface area contributed by atoms with Gasteiger partial charge < -0.3 is 5.73 Å². The van der Waals surface area contributed by atoms with Crippen LogP contribution < -0.4 is 5.73 Å². The smallest absolute Gasteiger partial charge is 0.127 e. The van der Waals surface area contributed by atoms with Gasteiger partial charge in [-0.2, -0.15) is 0 Å². The summed E-state index contributed by atoms with van der Waals surface area (Å²) in [6, 6.07) is 8.32. The number of hydrogen-bond acceptors (Lipinski definition) is 1. The molecule has 2 rings (SSSR count). The largest absolute Gasteiger partial charge is 0.320 e. The molecule has 100 valence electrons. The van der Waals surface area contributed by atoms with Crippen molar-refractivity contribution in [1.29, 1.82) is 0 Å². The van der Waals surface area contributed by atoms with E-state index in [4.69, 9.17) is 17.3 Å². The molecule has 2 N–H and O–H groups in total. The molecule has 0 spiro atoms. The Hall–Kier alpha value is -0.420. The van der Waals surface area contributed by atoms with Crippen molar-refractivity contribution >= 4 is 43.5 Å². The summed E-state index contributed by atoms with van der Waals surface area (Å²) < 4.78 is 15.3. The van der Waals surface area contributed by atoms with Gasteiger partial charge in [-0.25, -0.2) is 4.39 Å². The summed E-state index contributed by atoms with van der Waals surface area (Å²) in [7, 11) is 0. The molecule has 2 aromatic rings. The van der Waals surface area contributed by atoms with Gasteiger partial charge in [0.1, 0.15) is 5.82 Å². The third-order valence-electron chi connectivity index (χ3n) is 2.91. The Bertz CT molecular complexity index is 631. The van der Waals surface area contributed by atoms with Gasteiger partial charge in [-0.15, -0.1) is 0 Å². The van der Waals surface area contributed by atoms with Crippen molar-refractivity contribution in [1.82, 2.24) is 0 Å². The van der Waals surface area contributed by atoms with Crippen LogP contribution in [0.15, 0.2) is 39.3 Å². The highest BCUT2D eigenvalue weighted by molar-refractivity contribution is 9.11. The van der Waals surface area contributed by atoms with Crippen molar-refractivity contribution in [2.75, 3.05) is 0 Å². The van der Waals surface area contributed by atoms with Crippen LogP contribution in [0.4, 0.5) is 4.39 Å². The van der Waals surface area contributed by atoms with Gasteiger partial charge in [-0.05, 0) is 47.9 Å². The van der Waals surface area contributed by atoms with Crippen LogP contribution in [0.25, 0.3) is 0 Å². The second-order valence-electron chi connectivity index (χ2n) is 4.27. The normalized spacial score (nSPS) is 12.5. The van der Waals surface area contributed by atoms with E-state index in [-0.39, 0.29) is 5.82 Å². The lowest BCUT2D eigenvalue weighted by Crippen LogP contribution is -2.13. The van der Waals surface area contributed by atoms with Gasteiger partial charge >= 0.3 is 0 Å². The first-order valence-electron chi connectivity index (χ1n) is 5.56. The molecule has 19 heavy (non-hydrogen) atoms. The second kappa shape index (κ2) is 5.92. The van der Waals surface area contributed by atoms with E-state index in [1.807, 2.05) is 18.2 Å². The lowest BCUT2D eigenvalue weighted by atomic mass is 9.98. The number of aryl methyl sites for hydroxylation is 1. The monoisotopic (exact) mass is 405 g/mol. The molecule has 0 heterocycles. The summed E-state index contributed by atoms with van der Waals surface area (Å²) in [5, 5.41) is 0.338. The van der Waals surface area contributed by atoms with E-state index in [1.54, 1.807) is 13.0 Å². The lowest BCUT2D eigenvalue weighted by Gasteiger charge is -2.17. The molecule has 0 fully saturated rings. The van der Waals surface area contributed by atoms with E-state index in [0.29, 0.717) is 16.1 Å². The summed E-state index contributed by atoms with van der Waals surface area (Å²) >= 11 is 13.0. The lowest BCUT2D eigenvalue weighted by molar-refractivity contribution is 0.617. The molecule has 1 atom stereocenters. The number of nitrogens with two attached hydrogens (primary N) is 1. The van der Waals surface area contributed by atoms with E-state index >= 15 is 0 Å². The zero-order valence-corrected chi connectivity index (χ0v) is 14.0. The van der Waals surface area contributed by atoms with E-state index in [0.717, 1.165) is 14.5 Å². The van der Waals surface area contributed by atoms with Crippen molar-refractivity contribution in [3.8, 4) is 0 Å². The highest BCUT2D eigenvalue weighted by Crippen LogP contribution is 2.33. The van der Waals surface area contributed by atoms with Gasteiger partial charge in [0.15, 0.2) is 0 Å². The predicted molar refractivity (Wildman–Crippen MR) is 84.0 cm³/mol. The first-order chi connectivity index (χ1) is 8.90. The Kier molecular flexibility index (Phi) is 4.66. The van der Waals surface area contributed by atoms with Gasteiger partial charge in [0.05, 0.1) is 6.04 Å². The van der Waals surface area contributed by atoms with Crippen molar-refractivity contribution in [2.24, 2.45) is 5.73 Å². The molecular formula is C14H11Br2ClFN. The van der Waals surface area contributed by atoms with Crippen molar-refractivity contribution in [3.63, 3.8) is 0 Å². The molecule has 0 bridgehead atoms. The topological polar surface area (TPSA) is 26.0 Å². The van der Waals surface area contributed by atoms with Crippen LogP contribution in [-0.4, -0.2) is 0 Å². The van der Waals surface area contributed by atoms with Crippen molar-refractivity contribution < 1.29 is 4.39 Å². The first-order valence-corrected chi connectivity index (χ1v) is 7.52. The Morgan fingerprint density at radius 3 is 2.47 bits per heavy atom. The van der Waals surface area contributed by atoms with Crippen LogP contribution in [0.3, 0.4) is 0 Å². The number of benzene rings is 2. The Labute approximate surface area is 133 Å². The molecule has 0 aliphatic heterocycles. The zero-order chi connectivity index (χ0) is 14.2. The molecular weight excluding hydrogens is 396 g/mol. The standard InChI is InChI=1S/C14H11Br2ClFN/c1-7-4-10(12(17)6-13(7)18)14(19)9-3-2-8(15)5-11(9)16/h2-6,14H,19H2,1H3. The molecule has 0 amide bonds. The molecule has 1 nitrogen and oxygen atoms in total. The average Bonchev–Trinajstić information content (AvgIpc) is 2.33. The van der Waals surface area contributed by atoms with Crippen LogP contribution in [0.1, 0.15) is 22.7 Å². The number of hydrogen-bond donors (Lipinski definition) is 1. The van der Waals surface area contributed by atoms with E-state index < -0.39 is 6.04 Å². The van der Waals surface area contributed by atoms with Crippen LogP contribution in [-0.2, 0) is 0 Å². The fourth-order valence-corrected chi connectivity index (χ4v) is 3.40. The molecule has 0 aromatic heterocycles. The maximum absolute atomic E-state index is 13.4. The van der Waals surface area contributed by atoms with Crippen molar-refractivity contribution in [3.05, 3.63) is 66.8 Å². The van der Waals surface area contributed by atoms with E-state index in [9.17, 15) is 4.39 Å². The summed E-state index contributed by atoms with van der Waals surface area (Å²) in [6.07, 6.45) is 0. The van der Waals surface area contributed by atoms with Gasteiger partial charge in [0, 0.05) is 14.0 Å². The highest BCUT2D eigenvalue weighted by atomic mass is 79.9. The van der Waals surface area contributed by atoms with Gasteiger partial charge in [0.2, 0.25) is 0 Å². The molecule has 0 saturated heterocycles. The van der Waals surface area contributed by atoms with Gasteiger partial charge in [-0.3, -0.25) is 0 Å². The summed E-state index contributed by atoms with van der Waals surface area (Å²) in [6.45, 7) is 1.69. The minimum absolute atomic E-state index is 0.323. The Morgan fingerprint density at radius 2 is 1.84 bits per heavy atom. The molecule has 2 aromatic carbocycles. The van der Waals surface area contributed by atoms with E-state index in [2.05, 4.69) is 31.9 Å². The summed E-state index contributed by atoms with van der Waals surface area (Å²) in [5.41, 5.74) is 8.38. The molecule has 5 heteroatoms. The molecule has 0 radical (unpaired) electrons. The number of halogens is 4. The summed E-state index contributed by atoms with van der Waals surface area (Å²) in [4.78, 5) is 0. The quantitative estimate of drug-likeness (QED) is 0.713. The average molecular weight is 408 g/mol. The second-order valence-corrected chi connectivity index (χ2v) is 6.44. The van der Waals surface area contributed by atoms with Crippen LogP contribution in [0.2, 0.25) is 5.02 Å². The molecule has 0 saturated carbocycles. The number of rotatable bonds is 2. The maximum atomic E-state index is 13.4. The van der Waals surface area contributed by atoms with Crippen molar-refractivity contribution in [2.45, 2.75) is 13.0 Å².